The standard InChI is InChI=1S/C47H92N2O7S/c1-5-8-11-14-16-25-32-42-55-46(51)36-28-21-17-23-30-39-49(53,41-33-38-48-45(50)43-57(4)54)40-31-24-18-22-29-37-47(52)56-44(34-26-19-13-10-7-3)35-27-20-15-12-9-6-2/h44H,5-43H2,1-4H3,(H,48,50). The van der Waals surface area contributed by atoms with Crippen LogP contribution >= 0.6 is 0 Å². The zero-order chi connectivity index (χ0) is 42.1. The number of carbonyl (C=O) groups excluding carboxylic acids is 3. The molecule has 0 bridgehead atoms. The highest BCUT2D eigenvalue weighted by Gasteiger charge is 2.17. The Bertz CT molecular complexity index is 968. The van der Waals surface area contributed by atoms with E-state index in [0.717, 1.165) is 103 Å². The number of carbonyl (C=O) groups is 3. The molecule has 0 saturated carbocycles. The molecule has 0 saturated heterocycles. The Morgan fingerprint density at radius 3 is 1.44 bits per heavy atom. The number of esters is 2. The average molecular weight is 829 g/mol. The van der Waals surface area contributed by atoms with Crippen molar-refractivity contribution in [2.24, 2.45) is 0 Å². The van der Waals surface area contributed by atoms with Crippen LogP contribution < -0.4 is 5.32 Å². The van der Waals surface area contributed by atoms with Crippen LogP contribution in [-0.4, -0.2) is 77.6 Å². The van der Waals surface area contributed by atoms with Crippen molar-refractivity contribution in [1.29, 1.82) is 0 Å². The van der Waals surface area contributed by atoms with Gasteiger partial charge in [-0.2, -0.15) is 0 Å². The second-order valence-electron chi connectivity index (χ2n) is 16.9. The number of unbranched alkanes of at least 4 members (excludes halogenated alkanes) is 23. The largest absolute Gasteiger partial charge is 0.633 e. The summed E-state index contributed by atoms with van der Waals surface area (Å²) in [7, 11) is -1.18. The molecule has 0 spiro atoms. The van der Waals surface area contributed by atoms with Crippen molar-refractivity contribution in [2.75, 3.05) is 44.8 Å². The topological polar surface area (TPSA) is 122 Å². The van der Waals surface area contributed by atoms with Crippen molar-refractivity contribution < 1.29 is 32.7 Å². The van der Waals surface area contributed by atoms with Crippen LogP contribution in [-0.2, 0) is 34.7 Å². The van der Waals surface area contributed by atoms with Gasteiger partial charge in [0.15, 0.2) is 0 Å². The number of rotatable bonds is 44. The van der Waals surface area contributed by atoms with Gasteiger partial charge >= 0.3 is 11.9 Å². The molecule has 0 rings (SSSR count). The van der Waals surface area contributed by atoms with E-state index in [1.54, 1.807) is 0 Å². The van der Waals surface area contributed by atoms with E-state index in [4.69, 9.17) is 9.47 Å². The number of amides is 1. The quantitative estimate of drug-likeness (QED) is 0.0281. The van der Waals surface area contributed by atoms with Crippen molar-refractivity contribution >= 4 is 28.6 Å². The zero-order valence-corrected chi connectivity index (χ0v) is 38.7. The maximum Gasteiger partial charge on any atom is 0.306 e. The fourth-order valence-corrected chi connectivity index (χ4v) is 7.99. The maximum atomic E-state index is 13.9. The minimum atomic E-state index is -1.18. The summed E-state index contributed by atoms with van der Waals surface area (Å²) >= 11 is 0. The molecule has 9 nitrogen and oxygen atoms in total. The van der Waals surface area contributed by atoms with Gasteiger partial charge in [0.2, 0.25) is 5.91 Å². The third-order valence-corrected chi connectivity index (χ3v) is 11.8. The zero-order valence-electron chi connectivity index (χ0n) is 37.9. The third-order valence-electron chi connectivity index (χ3n) is 11.1. The van der Waals surface area contributed by atoms with Crippen molar-refractivity contribution in [3.05, 3.63) is 5.21 Å². The molecule has 0 aliphatic rings. The average Bonchev–Trinajstić information content (AvgIpc) is 3.17. The lowest BCUT2D eigenvalue weighted by molar-refractivity contribution is -0.881. The van der Waals surface area contributed by atoms with Crippen molar-refractivity contribution in [2.45, 2.75) is 239 Å². The van der Waals surface area contributed by atoms with Crippen LogP contribution in [0.3, 0.4) is 0 Å². The Labute approximate surface area is 354 Å². The normalized spacial score (nSPS) is 13.6. The lowest BCUT2D eigenvalue weighted by atomic mass is 10.0. The van der Waals surface area contributed by atoms with Gasteiger partial charge in [-0.3, -0.25) is 18.6 Å². The Hall–Kier alpha value is -1.52. The highest BCUT2D eigenvalue weighted by Crippen LogP contribution is 2.19. The summed E-state index contributed by atoms with van der Waals surface area (Å²) in [5, 5.41) is 16.7. The van der Waals surface area contributed by atoms with Crippen molar-refractivity contribution in [3.63, 3.8) is 0 Å². The van der Waals surface area contributed by atoms with Gasteiger partial charge in [0.05, 0.1) is 26.2 Å². The van der Waals surface area contributed by atoms with Crippen molar-refractivity contribution in [1.82, 2.24) is 5.32 Å². The van der Waals surface area contributed by atoms with Crippen molar-refractivity contribution in [3.8, 4) is 0 Å². The molecule has 0 aliphatic heterocycles. The molecular formula is C47H92N2O7S. The van der Waals surface area contributed by atoms with E-state index in [9.17, 15) is 23.8 Å². The molecule has 0 aromatic rings. The fraction of sp³-hybridized carbons (Fsp3) is 0.936. The molecule has 0 radical (unpaired) electrons. The van der Waals surface area contributed by atoms with Crippen LogP contribution in [0.2, 0.25) is 0 Å². The summed E-state index contributed by atoms with van der Waals surface area (Å²) in [5.41, 5.74) is 0. The van der Waals surface area contributed by atoms with Crippen LogP contribution in [0.15, 0.2) is 0 Å². The Balaban J connectivity index is 4.51. The van der Waals surface area contributed by atoms with Gasteiger partial charge in [0.1, 0.15) is 11.9 Å². The first-order chi connectivity index (χ1) is 27.7. The molecule has 3 unspecified atom stereocenters. The van der Waals surface area contributed by atoms with E-state index >= 15 is 0 Å². The number of quaternary nitrogens is 1. The molecule has 1 N–H and O–H groups in total. The minimum Gasteiger partial charge on any atom is -0.633 e. The van der Waals surface area contributed by atoms with Crippen LogP contribution in [0.5, 0.6) is 0 Å². The number of hydrogen-bond donors (Lipinski definition) is 1. The molecule has 0 aromatic carbocycles. The summed E-state index contributed by atoms with van der Waals surface area (Å²) in [5.74, 6) is -0.387. The van der Waals surface area contributed by atoms with Gasteiger partial charge in [-0.15, -0.1) is 0 Å². The van der Waals surface area contributed by atoms with Gasteiger partial charge in [0.25, 0.3) is 0 Å². The number of nitrogens with one attached hydrogen (secondary N) is 1. The predicted molar refractivity (Wildman–Crippen MR) is 240 cm³/mol. The Morgan fingerprint density at radius 1 is 0.544 bits per heavy atom. The number of hydrogen-bond acceptors (Lipinski definition) is 7. The lowest BCUT2D eigenvalue weighted by Gasteiger charge is -2.43. The van der Waals surface area contributed by atoms with E-state index in [1.165, 1.54) is 96.1 Å². The first kappa shape index (κ1) is 55.5. The molecule has 10 heteroatoms. The van der Waals surface area contributed by atoms with E-state index in [2.05, 4.69) is 26.1 Å². The number of nitrogens with zero attached hydrogens (tertiary/aromatic N) is 1. The van der Waals surface area contributed by atoms with Gasteiger partial charge in [0, 0.05) is 42.9 Å². The van der Waals surface area contributed by atoms with E-state index in [0.29, 0.717) is 52.0 Å². The number of hydroxylamine groups is 3. The predicted octanol–water partition coefficient (Wildman–Crippen LogP) is 12.2. The monoisotopic (exact) mass is 829 g/mol. The van der Waals surface area contributed by atoms with E-state index < -0.39 is 10.8 Å². The summed E-state index contributed by atoms with van der Waals surface area (Å²) in [6.45, 7) is 9.21. The van der Waals surface area contributed by atoms with E-state index in [-0.39, 0.29) is 34.3 Å². The summed E-state index contributed by atoms with van der Waals surface area (Å²) in [6.07, 6.45) is 36.4. The second kappa shape index (κ2) is 41.2. The highest BCUT2D eigenvalue weighted by molar-refractivity contribution is 7.85. The molecule has 0 aliphatic carbocycles. The summed E-state index contributed by atoms with van der Waals surface area (Å²) < 4.78 is 22.5. The molecule has 0 heterocycles. The third kappa shape index (κ3) is 39.7. The molecule has 338 valence electrons. The van der Waals surface area contributed by atoms with E-state index in [1.807, 2.05) is 0 Å². The molecule has 1 amide bonds. The van der Waals surface area contributed by atoms with Gasteiger partial charge < -0.3 is 24.6 Å². The Morgan fingerprint density at radius 2 is 0.947 bits per heavy atom. The highest BCUT2D eigenvalue weighted by atomic mass is 32.2. The molecular weight excluding hydrogens is 737 g/mol. The Kier molecular flexibility index (Phi) is 40.1. The first-order valence-corrected chi connectivity index (χ1v) is 25.9. The van der Waals surface area contributed by atoms with Gasteiger partial charge in [-0.1, -0.05) is 143 Å². The van der Waals surface area contributed by atoms with Crippen LogP contribution in [0.4, 0.5) is 0 Å². The van der Waals surface area contributed by atoms with Gasteiger partial charge in [-0.05, 0) is 70.6 Å². The molecule has 57 heavy (non-hydrogen) atoms. The first-order valence-electron chi connectivity index (χ1n) is 24.1. The van der Waals surface area contributed by atoms with Crippen LogP contribution in [0.1, 0.15) is 233 Å². The smallest absolute Gasteiger partial charge is 0.306 e. The lowest BCUT2D eigenvalue weighted by Crippen LogP contribution is -2.45. The van der Waals surface area contributed by atoms with Crippen LogP contribution in [0.25, 0.3) is 0 Å². The van der Waals surface area contributed by atoms with Gasteiger partial charge in [-0.25, -0.2) is 0 Å². The summed E-state index contributed by atoms with van der Waals surface area (Å²) in [6, 6.07) is 0. The molecule has 0 fully saturated rings. The number of ether oxygens (including phenoxy) is 2. The van der Waals surface area contributed by atoms with Crippen LogP contribution in [0, 0.1) is 5.21 Å². The fourth-order valence-electron chi connectivity index (χ4n) is 7.52. The SMILES string of the molecule is CCCCCCCCCOC(=O)CCCCCCC[N+]([O-])(CCCCCCCC(=O)OC(CCCCCCC)CCCCCCCC)CCCNC(=O)CS(C)=O. The molecule has 3 atom stereocenters. The molecule has 0 aromatic heterocycles. The second-order valence-corrected chi connectivity index (χ2v) is 18.3. The maximum absolute atomic E-state index is 13.9. The summed E-state index contributed by atoms with van der Waals surface area (Å²) in [4.78, 5) is 36.8. The minimum absolute atomic E-state index is 0.00902.